The van der Waals surface area contributed by atoms with Gasteiger partial charge in [0.05, 0.1) is 26.0 Å². The van der Waals surface area contributed by atoms with Crippen molar-refractivity contribution in [2.45, 2.75) is 24.9 Å². The first kappa shape index (κ1) is 13.5. The van der Waals surface area contributed by atoms with E-state index in [4.69, 9.17) is 26.2 Å². The fourth-order valence-corrected chi connectivity index (χ4v) is 2.52. The molecule has 2 N–H and O–H groups in total. The van der Waals surface area contributed by atoms with Gasteiger partial charge < -0.3 is 19.7 Å². The van der Waals surface area contributed by atoms with Crippen LogP contribution >= 0.6 is 11.6 Å². The van der Waals surface area contributed by atoms with E-state index in [0.717, 1.165) is 0 Å². The van der Waals surface area contributed by atoms with E-state index in [-0.39, 0.29) is 17.9 Å². The summed E-state index contributed by atoms with van der Waals surface area (Å²) in [7, 11) is 1.46. The van der Waals surface area contributed by atoms with Gasteiger partial charge in [-0.05, 0) is 11.6 Å². The topological polar surface area (TPSA) is 103 Å². The van der Waals surface area contributed by atoms with Crippen molar-refractivity contribution in [2.75, 3.05) is 13.7 Å². The molecule has 0 radical (unpaired) electrons. The lowest BCUT2D eigenvalue weighted by atomic mass is 10.2. The smallest absolute Gasteiger partial charge is 0.318 e. The van der Waals surface area contributed by atoms with Crippen molar-refractivity contribution in [1.29, 1.82) is 0 Å². The summed E-state index contributed by atoms with van der Waals surface area (Å²) < 4.78 is 12.1. The average molecular weight is 301 g/mol. The monoisotopic (exact) mass is 300 g/mol. The zero-order valence-corrected chi connectivity index (χ0v) is 11.4. The number of methoxy groups -OCH3 is 1. The fourth-order valence-electron chi connectivity index (χ4n) is 2.24. The lowest BCUT2D eigenvalue weighted by Gasteiger charge is -2.14. The number of hydrogen-bond acceptors (Lipinski definition) is 7. The van der Waals surface area contributed by atoms with Crippen LogP contribution in [0.5, 0.6) is 6.01 Å². The molecule has 0 aliphatic carbocycles. The molecule has 8 nitrogen and oxygen atoms in total. The fraction of sp³-hybridized carbons (Fsp3) is 0.545. The van der Waals surface area contributed by atoms with Crippen LogP contribution < -0.4 is 4.74 Å². The van der Waals surface area contributed by atoms with Crippen LogP contribution in [0.3, 0.4) is 0 Å². The first-order valence-corrected chi connectivity index (χ1v) is 6.40. The van der Waals surface area contributed by atoms with E-state index in [1.807, 2.05) is 0 Å². The minimum atomic E-state index is -0.762. The quantitative estimate of drug-likeness (QED) is 0.777. The van der Waals surface area contributed by atoms with Gasteiger partial charge in [0.15, 0.2) is 5.65 Å². The second-order valence-electron chi connectivity index (χ2n) is 4.43. The lowest BCUT2D eigenvalue weighted by molar-refractivity contribution is -0.0431. The third-order valence-electron chi connectivity index (χ3n) is 3.22. The molecule has 0 aromatic carbocycles. The van der Waals surface area contributed by atoms with Gasteiger partial charge in [-0.2, -0.15) is 4.98 Å². The van der Waals surface area contributed by atoms with Gasteiger partial charge in [0.1, 0.15) is 17.8 Å². The highest BCUT2D eigenvalue weighted by Gasteiger charge is 2.36. The van der Waals surface area contributed by atoms with Gasteiger partial charge in [-0.25, -0.2) is 9.97 Å². The van der Waals surface area contributed by atoms with E-state index < -0.39 is 18.4 Å². The van der Waals surface area contributed by atoms with Crippen molar-refractivity contribution in [3.8, 4) is 6.01 Å². The van der Waals surface area contributed by atoms with Crippen molar-refractivity contribution in [1.82, 2.24) is 19.5 Å². The van der Waals surface area contributed by atoms with Gasteiger partial charge in [0.25, 0.3) is 0 Å². The summed E-state index contributed by atoms with van der Waals surface area (Å²) >= 11 is 6.10. The maximum atomic E-state index is 9.80. The van der Waals surface area contributed by atoms with Crippen LogP contribution in [0.15, 0.2) is 6.20 Å². The Morgan fingerprint density at radius 2 is 2.35 bits per heavy atom. The van der Waals surface area contributed by atoms with E-state index in [1.54, 1.807) is 4.57 Å². The molecule has 0 bridgehead atoms. The number of nitrogens with zero attached hydrogens (tertiary/aromatic N) is 4. The molecule has 3 atom stereocenters. The second kappa shape index (κ2) is 5.13. The van der Waals surface area contributed by atoms with Crippen LogP contribution in [-0.2, 0) is 4.74 Å². The summed E-state index contributed by atoms with van der Waals surface area (Å²) in [5.74, 6) is 0. The highest BCUT2D eigenvalue weighted by atomic mass is 35.5. The summed E-state index contributed by atoms with van der Waals surface area (Å²) in [5.41, 5.74) is 0.957. The predicted octanol–water partition coefficient (Wildman–Crippen LogP) is 0.129. The highest BCUT2D eigenvalue weighted by molar-refractivity contribution is 6.29. The number of hydrogen-bond donors (Lipinski definition) is 2. The van der Waals surface area contributed by atoms with Crippen molar-refractivity contribution >= 4 is 22.8 Å². The van der Waals surface area contributed by atoms with Crippen molar-refractivity contribution in [2.24, 2.45) is 0 Å². The minimum Gasteiger partial charge on any atom is -0.467 e. The normalized spacial score (nSPS) is 26.3. The van der Waals surface area contributed by atoms with E-state index in [2.05, 4.69) is 15.0 Å². The van der Waals surface area contributed by atoms with Gasteiger partial charge in [0, 0.05) is 6.42 Å². The molecule has 1 aliphatic heterocycles. The molecular weight excluding hydrogens is 288 g/mol. The highest BCUT2D eigenvalue weighted by Crippen LogP contribution is 2.33. The number of rotatable bonds is 3. The molecule has 2 aromatic heterocycles. The first-order valence-electron chi connectivity index (χ1n) is 6.03. The number of ether oxygens (including phenoxy) is 2. The molecule has 0 amide bonds. The molecule has 2 aromatic rings. The predicted molar refractivity (Wildman–Crippen MR) is 68.5 cm³/mol. The van der Waals surface area contributed by atoms with Gasteiger partial charge >= 0.3 is 6.01 Å². The van der Waals surface area contributed by atoms with E-state index in [0.29, 0.717) is 17.6 Å². The van der Waals surface area contributed by atoms with Crippen LogP contribution in [0.1, 0.15) is 12.6 Å². The minimum absolute atomic E-state index is 0.179. The third-order valence-corrected chi connectivity index (χ3v) is 3.49. The Morgan fingerprint density at radius 3 is 3.00 bits per heavy atom. The molecule has 1 saturated heterocycles. The van der Waals surface area contributed by atoms with Crippen LogP contribution in [0.2, 0.25) is 5.28 Å². The number of aliphatic hydroxyl groups excluding tert-OH is 2. The van der Waals surface area contributed by atoms with Gasteiger partial charge in [-0.15, -0.1) is 0 Å². The maximum Gasteiger partial charge on any atom is 0.318 e. The van der Waals surface area contributed by atoms with E-state index in [9.17, 15) is 5.11 Å². The Bertz CT molecular complexity index is 634. The third kappa shape index (κ3) is 2.10. The van der Waals surface area contributed by atoms with Crippen molar-refractivity contribution in [3.05, 3.63) is 11.5 Å². The van der Waals surface area contributed by atoms with Crippen LogP contribution in [0, 0.1) is 0 Å². The van der Waals surface area contributed by atoms with Crippen molar-refractivity contribution in [3.63, 3.8) is 0 Å². The average Bonchev–Trinajstić information content (AvgIpc) is 2.96. The summed E-state index contributed by atoms with van der Waals surface area (Å²) in [6, 6.07) is 0.188. The Hall–Kier alpha value is -1.48. The molecule has 20 heavy (non-hydrogen) atoms. The summed E-state index contributed by atoms with van der Waals surface area (Å²) in [4.78, 5) is 12.3. The molecule has 0 saturated carbocycles. The number of halogens is 1. The number of fused-ring (bicyclic) bond motifs is 1. The molecule has 9 heteroatoms. The Kier molecular flexibility index (Phi) is 3.47. The largest absolute Gasteiger partial charge is 0.467 e. The standard InChI is InChI=1S/C11H13ClN4O4/c1-19-11-13-3-5-9(15-11)16(10(12)14-5)8-2-6(18)7(4-17)20-8/h3,6-8,17-18H,2,4H2,1H3/t6-,7+,8+/m1/s1. The van der Waals surface area contributed by atoms with Gasteiger partial charge in [-0.1, -0.05) is 0 Å². The summed E-state index contributed by atoms with van der Waals surface area (Å²) in [6.45, 7) is -0.264. The van der Waals surface area contributed by atoms with Crippen LogP contribution in [-0.4, -0.2) is 55.7 Å². The lowest BCUT2D eigenvalue weighted by Crippen LogP contribution is -2.24. The molecule has 1 fully saturated rings. The maximum absolute atomic E-state index is 9.80. The zero-order valence-electron chi connectivity index (χ0n) is 10.6. The van der Waals surface area contributed by atoms with Crippen LogP contribution in [0.25, 0.3) is 11.2 Å². The molecule has 3 heterocycles. The van der Waals surface area contributed by atoms with Gasteiger partial charge in [0.2, 0.25) is 5.28 Å². The molecule has 108 valence electrons. The number of imidazole rings is 1. The van der Waals surface area contributed by atoms with Gasteiger partial charge in [-0.3, -0.25) is 4.57 Å². The molecule has 1 aliphatic rings. The summed E-state index contributed by atoms with van der Waals surface area (Å²) in [5, 5.41) is 19.1. The number of aliphatic hydroxyl groups is 2. The molecule has 0 spiro atoms. The Labute approximate surface area is 118 Å². The van der Waals surface area contributed by atoms with Crippen molar-refractivity contribution < 1.29 is 19.7 Å². The Morgan fingerprint density at radius 1 is 1.55 bits per heavy atom. The summed E-state index contributed by atoms with van der Waals surface area (Å²) in [6.07, 6.45) is -0.153. The van der Waals surface area contributed by atoms with E-state index >= 15 is 0 Å². The van der Waals surface area contributed by atoms with E-state index in [1.165, 1.54) is 13.3 Å². The SMILES string of the molecule is COc1ncc2nc(Cl)n([C@@H]3C[C@@H](O)[C@H](CO)O3)c2n1. The zero-order chi connectivity index (χ0) is 14.3. The Balaban J connectivity index is 2.04. The second-order valence-corrected chi connectivity index (χ2v) is 4.77. The first-order chi connectivity index (χ1) is 9.63. The van der Waals surface area contributed by atoms with Crippen LogP contribution in [0.4, 0.5) is 0 Å². The molecule has 3 rings (SSSR count). The number of aromatic nitrogens is 4. The molecule has 0 unspecified atom stereocenters. The molecular formula is C11H13ClN4O4.